The molecule has 1 spiro atoms. The molecule has 0 radical (unpaired) electrons. The second-order valence-corrected chi connectivity index (χ2v) is 6.09. The van der Waals surface area contributed by atoms with Crippen LogP contribution in [-0.4, -0.2) is 64.0 Å². The summed E-state index contributed by atoms with van der Waals surface area (Å²) in [6.45, 7) is 2.06. The molecule has 0 bridgehead atoms. The highest BCUT2D eigenvalue weighted by atomic mass is 16.7. The molecule has 7 nitrogen and oxygen atoms in total. The Morgan fingerprint density at radius 2 is 1.86 bits per heavy atom. The van der Waals surface area contributed by atoms with Crippen molar-refractivity contribution in [3.8, 4) is 0 Å². The molecule has 2 fully saturated rings. The first-order chi connectivity index (χ1) is 10.0. The van der Waals surface area contributed by atoms with Gasteiger partial charge in [0.15, 0.2) is 5.79 Å². The van der Waals surface area contributed by atoms with E-state index in [-0.39, 0.29) is 6.10 Å². The van der Waals surface area contributed by atoms with E-state index >= 15 is 0 Å². The second-order valence-electron chi connectivity index (χ2n) is 6.09. The Balaban J connectivity index is 1.64. The van der Waals surface area contributed by atoms with E-state index in [2.05, 4.69) is 10.6 Å². The van der Waals surface area contributed by atoms with E-state index in [9.17, 15) is 9.59 Å². The molecule has 3 N–H and O–H groups in total. The number of nitrogens with one attached hydrogen (secondary N) is 3. The van der Waals surface area contributed by atoms with Crippen LogP contribution >= 0.6 is 0 Å². The van der Waals surface area contributed by atoms with Crippen molar-refractivity contribution < 1.29 is 24.0 Å². The summed E-state index contributed by atoms with van der Waals surface area (Å²) in [5.41, 5.74) is 0. The second kappa shape index (κ2) is 7.20. The van der Waals surface area contributed by atoms with Gasteiger partial charge < -0.3 is 25.0 Å². The van der Waals surface area contributed by atoms with Gasteiger partial charge in [0, 0.05) is 19.4 Å². The number of likely N-dealkylation sites (N-methyl/N-ethyl adjacent to an activating group) is 1. The lowest BCUT2D eigenvalue weighted by Crippen LogP contribution is -3.06. The summed E-state index contributed by atoms with van der Waals surface area (Å²) in [5, 5.41) is 5.20. The first-order valence-corrected chi connectivity index (χ1v) is 7.68. The maximum absolute atomic E-state index is 11.7. The third-order valence-corrected chi connectivity index (χ3v) is 3.89. The minimum Gasteiger partial charge on any atom is -0.347 e. The van der Waals surface area contributed by atoms with Gasteiger partial charge in [-0.3, -0.25) is 9.59 Å². The van der Waals surface area contributed by atoms with Gasteiger partial charge in [-0.25, -0.2) is 0 Å². The molecular formula is C14H26N3O4+. The Morgan fingerprint density at radius 3 is 2.52 bits per heavy atom. The van der Waals surface area contributed by atoms with Crippen molar-refractivity contribution in [1.82, 2.24) is 10.6 Å². The summed E-state index contributed by atoms with van der Waals surface area (Å²) >= 11 is 0. The SMILES string of the molecule is C[NH+](C)CCNC(=O)C(=O)NC[C@@H]1COC2(CCCC2)O1. The zero-order chi connectivity index (χ0) is 15.3. The fourth-order valence-electron chi connectivity index (χ4n) is 2.69. The zero-order valence-electron chi connectivity index (χ0n) is 12.9. The number of hydrogen-bond donors (Lipinski definition) is 3. The van der Waals surface area contributed by atoms with Gasteiger partial charge in [-0.15, -0.1) is 0 Å². The zero-order valence-corrected chi connectivity index (χ0v) is 12.9. The topological polar surface area (TPSA) is 81.1 Å². The molecule has 0 aromatic rings. The highest BCUT2D eigenvalue weighted by Gasteiger charge is 2.43. The maximum atomic E-state index is 11.7. The Morgan fingerprint density at radius 1 is 1.19 bits per heavy atom. The van der Waals surface area contributed by atoms with Crippen LogP contribution in [0.2, 0.25) is 0 Å². The standard InChI is InChI=1S/C14H25N3O4/c1-17(2)8-7-15-12(18)13(19)16-9-11-10-20-14(21-11)5-3-4-6-14/h11H,3-10H2,1-2H3,(H,15,18)(H,16,19)/p+1/t11-/m1/s1. The summed E-state index contributed by atoms with van der Waals surface area (Å²) in [6, 6.07) is 0. The van der Waals surface area contributed by atoms with Gasteiger partial charge in [-0.1, -0.05) is 0 Å². The van der Waals surface area contributed by atoms with Gasteiger partial charge in [0.25, 0.3) is 0 Å². The smallest absolute Gasteiger partial charge is 0.309 e. The quantitative estimate of drug-likeness (QED) is 0.516. The van der Waals surface area contributed by atoms with Crippen LogP contribution in [0.25, 0.3) is 0 Å². The van der Waals surface area contributed by atoms with Crippen LogP contribution in [0.4, 0.5) is 0 Å². The van der Waals surface area contributed by atoms with E-state index in [4.69, 9.17) is 9.47 Å². The molecule has 0 aromatic heterocycles. The first kappa shape index (κ1) is 16.2. The normalized spacial score (nSPS) is 23.7. The number of rotatable bonds is 5. The average molecular weight is 300 g/mol. The van der Waals surface area contributed by atoms with Gasteiger partial charge >= 0.3 is 11.8 Å². The predicted molar refractivity (Wildman–Crippen MR) is 75.7 cm³/mol. The van der Waals surface area contributed by atoms with Crippen LogP contribution in [0.15, 0.2) is 0 Å². The fourth-order valence-corrected chi connectivity index (χ4v) is 2.69. The molecular weight excluding hydrogens is 274 g/mol. The molecule has 1 aliphatic carbocycles. The number of hydrogen-bond acceptors (Lipinski definition) is 4. The summed E-state index contributed by atoms with van der Waals surface area (Å²) in [4.78, 5) is 24.5. The highest BCUT2D eigenvalue weighted by molar-refractivity contribution is 6.35. The maximum Gasteiger partial charge on any atom is 0.309 e. The minimum absolute atomic E-state index is 0.161. The van der Waals surface area contributed by atoms with E-state index in [0.717, 1.165) is 32.2 Å². The Kier molecular flexibility index (Phi) is 5.55. The molecule has 0 aromatic carbocycles. The molecule has 1 heterocycles. The van der Waals surface area contributed by atoms with Crippen LogP contribution in [0.5, 0.6) is 0 Å². The Labute approximate surface area is 125 Å². The molecule has 1 saturated heterocycles. The minimum atomic E-state index is -0.611. The van der Waals surface area contributed by atoms with E-state index in [0.29, 0.717) is 19.7 Å². The van der Waals surface area contributed by atoms with Crippen molar-refractivity contribution in [2.75, 3.05) is 40.3 Å². The molecule has 1 atom stereocenters. The average Bonchev–Trinajstić information content (AvgIpc) is 3.06. The molecule has 7 heteroatoms. The van der Waals surface area contributed by atoms with Gasteiger partial charge in [0.1, 0.15) is 6.10 Å². The van der Waals surface area contributed by atoms with Gasteiger partial charge in [0.05, 0.1) is 33.8 Å². The van der Waals surface area contributed by atoms with Crippen LogP contribution in [0.3, 0.4) is 0 Å². The number of quaternary nitrogens is 1. The van der Waals surface area contributed by atoms with E-state index < -0.39 is 17.6 Å². The third-order valence-electron chi connectivity index (χ3n) is 3.89. The molecule has 120 valence electrons. The van der Waals surface area contributed by atoms with Crippen molar-refractivity contribution in [2.24, 2.45) is 0 Å². The molecule has 2 rings (SSSR count). The van der Waals surface area contributed by atoms with Gasteiger partial charge in [-0.2, -0.15) is 0 Å². The predicted octanol–water partition coefficient (Wildman–Crippen LogP) is -1.95. The summed E-state index contributed by atoms with van der Waals surface area (Å²) in [6.07, 6.45) is 3.92. The molecule has 2 aliphatic rings. The van der Waals surface area contributed by atoms with Crippen LogP contribution in [0.1, 0.15) is 25.7 Å². The van der Waals surface area contributed by atoms with Crippen molar-refractivity contribution >= 4 is 11.8 Å². The van der Waals surface area contributed by atoms with E-state index in [1.807, 2.05) is 14.1 Å². The molecule has 1 saturated carbocycles. The van der Waals surface area contributed by atoms with E-state index in [1.54, 1.807) is 0 Å². The van der Waals surface area contributed by atoms with E-state index in [1.165, 1.54) is 4.90 Å². The monoisotopic (exact) mass is 300 g/mol. The lowest BCUT2D eigenvalue weighted by Gasteiger charge is -2.21. The molecule has 2 amide bonds. The molecule has 0 unspecified atom stereocenters. The number of amides is 2. The lowest BCUT2D eigenvalue weighted by molar-refractivity contribution is -0.856. The lowest BCUT2D eigenvalue weighted by atomic mass is 10.2. The van der Waals surface area contributed by atoms with Crippen molar-refractivity contribution in [2.45, 2.75) is 37.6 Å². The number of carbonyl (C=O) groups excluding carboxylic acids is 2. The van der Waals surface area contributed by atoms with Crippen LogP contribution in [-0.2, 0) is 19.1 Å². The number of carbonyl (C=O) groups is 2. The highest BCUT2D eigenvalue weighted by Crippen LogP contribution is 2.38. The summed E-state index contributed by atoms with van der Waals surface area (Å²) < 4.78 is 11.6. The molecule has 21 heavy (non-hydrogen) atoms. The Bertz CT molecular complexity index is 380. The molecule has 1 aliphatic heterocycles. The largest absolute Gasteiger partial charge is 0.347 e. The van der Waals surface area contributed by atoms with Crippen molar-refractivity contribution in [3.05, 3.63) is 0 Å². The number of ether oxygens (including phenoxy) is 2. The third kappa shape index (κ3) is 4.66. The summed E-state index contributed by atoms with van der Waals surface area (Å²) in [5.74, 6) is -1.63. The van der Waals surface area contributed by atoms with Gasteiger partial charge in [-0.05, 0) is 12.8 Å². The fraction of sp³-hybridized carbons (Fsp3) is 0.857. The Hall–Kier alpha value is -1.18. The van der Waals surface area contributed by atoms with Crippen molar-refractivity contribution in [3.63, 3.8) is 0 Å². The van der Waals surface area contributed by atoms with Gasteiger partial charge in [0.2, 0.25) is 0 Å². The summed E-state index contributed by atoms with van der Waals surface area (Å²) in [7, 11) is 3.98. The van der Waals surface area contributed by atoms with Crippen LogP contribution in [0, 0.1) is 0 Å². The van der Waals surface area contributed by atoms with Crippen LogP contribution < -0.4 is 15.5 Å². The van der Waals surface area contributed by atoms with Crippen molar-refractivity contribution in [1.29, 1.82) is 0 Å². The first-order valence-electron chi connectivity index (χ1n) is 7.68.